The van der Waals surface area contributed by atoms with Gasteiger partial charge in [0.25, 0.3) is 0 Å². The van der Waals surface area contributed by atoms with Gasteiger partial charge in [-0.05, 0) is 61.0 Å². The first kappa shape index (κ1) is 19.2. The second-order valence-electron chi connectivity index (χ2n) is 6.31. The molecule has 1 aliphatic rings. The Morgan fingerprint density at radius 3 is 2.89 bits per heavy atom. The lowest BCUT2D eigenvalue weighted by Crippen LogP contribution is -2.36. The maximum Gasteiger partial charge on any atom is 0.237 e. The summed E-state index contributed by atoms with van der Waals surface area (Å²) in [6, 6.07) is 15.7. The lowest BCUT2D eigenvalue weighted by atomic mass is 10.0. The number of benzene rings is 2. The fraction of sp³-hybridized carbons (Fsp3) is 0.250. The molecule has 0 N–H and O–H groups in total. The number of carbonyl (C=O) groups excluding carboxylic acids is 1. The first-order valence-corrected chi connectivity index (χ1v) is 11.1. The van der Waals surface area contributed by atoms with E-state index in [1.54, 1.807) is 11.8 Å². The van der Waals surface area contributed by atoms with Gasteiger partial charge in [0.2, 0.25) is 5.91 Å². The molecule has 0 saturated carbocycles. The molecule has 1 aromatic heterocycles. The summed E-state index contributed by atoms with van der Waals surface area (Å²) in [5.41, 5.74) is 3.08. The summed E-state index contributed by atoms with van der Waals surface area (Å²) in [6.45, 7) is 0.743. The Morgan fingerprint density at radius 2 is 2.11 bits per heavy atom. The first-order chi connectivity index (χ1) is 13.7. The van der Waals surface area contributed by atoms with Crippen LogP contribution in [0.1, 0.15) is 12.0 Å². The van der Waals surface area contributed by atoms with Crippen molar-refractivity contribution in [3.05, 3.63) is 58.0 Å². The predicted molar refractivity (Wildman–Crippen MR) is 117 cm³/mol. The van der Waals surface area contributed by atoms with Gasteiger partial charge in [-0.15, -0.1) is 5.10 Å². The lowest BCUT2D eigenvalue weighted by Gasteiger charge is -2.29. The number of aromatic nitrogens is 2. The van der Waals surface area contributed by atoms with E-state index in [2.05, 4.69) is 5.10 Å². The van der Waals surface area contributed by atoms with Crippen LogP contribution >= 0.6 is 35.3 Å². The van der Waals surface area contributed by atoms with Gasteiger partial charge in [-0.25, -0.2) is 4.68 Å². The molecule has 8 heteroatoms. The van der Waals surface area contributed by atoms with E-state index >= 15 is 0 Å². The topological polar surface area (TPSA) is 47.4 Å². The Labute approximate surface area is 177 Å². The molecule has 144 valence electrons. The Hall–Kier alpha value is -2.16. The molecule has 0 aliphatic carbocycles. The third-order valence-corrected chi connectivity index (χ3v) is 6.91. The van der Waals surface area contributed by atoms with Gasteiger partial charge in [0, 0.05) is 12.2 Å². The van der Waals surface area contributed by atoms with Crippen LogP contribution in [0.3, 0.4) is 0 Å². The minimum atomic E-state index is 0.0866. The summed E-state index contributed by atoms with van der Waals surface area (Å²) in [7, 11) is 1.66. The average molecular weight is 430 g/mol. The summed E-state index contributed by atoms with van der Waals surface area (Å²) < 4.78 is 8.53. The van der Waals surface area contributed by atoms with E-state index in [1.165, 1.54) is 23.1 Å². The number of thioether (sulfide) groups is 1. The second kappa shape index (κ2) is 8.46. The van der Waals surface area contributed by atoms with Gasteiger partial charge in [0.1, 0.15) is 5.75 Å². The smallest absolute Gasteiger partial charge is 0.237 e. The molecule has 0 saturated heterocycles. The molecule has 0 radical (unpaired) electrons. The second-order valence-corrected chi connectivity index (χ2v) is 9.16. The molecule has 1 aliphatic heterocycles. The van der Waals surface area contributed by atoms with Gasteiger partial charge in [-0.1, -0.05) is 41.3 Å². The number of fused-ring (bicyclic) bond motifs is 1. The number of aryl methyl sites for hydroxylation is 1. The molecule has 3 aromatic rings. The quantitative estimate of drug-likeness (QED) is 0.433. The molecule has 2 aromatic carbocycles. The maximum atomic E-state index is 12.9. The van der Waals surface area contributed by atoms with Crippen LogP contribution in [0.2, 0.25) is 0 Å². The predicted octanol–water partition coefficient (Wildman–Crippen LogP) is 4.74. The fourth-order valence-electron chi connectivity index (χ4n) is 3.21. The highest BCUT2D eigenvalue weighted by Crippen LogP contribution is 2.32. The van der Waals surface area contributed by atoms with E-state index in [1.807, 2.05) is 53.4 Å². The maximum absolute atomic E-state index is 12.9. The monoisotopic (exact) mass is 429 g/mol. The van der Waals surface area contributed by atoms with Gasteiger partial charge in [-0.3, -0.25) is 4.79 Å². The third-order valence-electron chi connectivity index (χ3n) is 4.56. The van der Waals surface area contributed by atoms with Crippen LogP contribution in [0.5, 0.6) is 5.75 Å². The van der Waals surface area contributed by atoms with Crippen molar-refractivity contribution in [3.63, 3.8) is 0 Å². The largest absolute Gasteiger partial charge is 0.497 e. The normalized spacial score (nSPS) is 13.2. The highest BCUT2D eigenvalue weighted by atomic mass is 32.2. The first-order valence-electron chi connectivity index (χ1n) is 8.91. The molecule has 0 bridgehead atoms. The lowest BCUT2D eigenvalue weighted by molar-refractivity contribution is -0.116. The molecule has 4 rings (SSSR count). The summed E-state index contributed by atoms with van der Waals surface area (Å²) in [6.07, 6.45) is 1.92. The van der Waals surface area contributed by atoms with E-state index in [0.29, 0.717) is 9.71 Å². The number of methoxy groups -OCH3 is 1. The number of hydrogen-bond donors (Lipinski definition) is 0. The molecular weight excluding hydrogens is 410 g/mol. The van der Waals surface area contributed by atoms with Gasteiger partial charge >= 0.3 is 0 Å². The Kier molecular flexibility index (Phi) is 5.79. The number of rotatable bonds is 5. The standard InChI is InChI=1S/C20H19N3O2S3/c1-25-16-9-10-17-14(12-16)6-5-11-22(17)18(24)13-27-19-21-23(20(26)28-19)15-7-3-2-4-8-15/h2-4,7-10,12H,5-6,11,13H2,1H3. The molecule has 0 atom stereocenters. The number of para-hydroxylation sites is 1. The summed E-state index contributed by atoms with van der Waals surface area (Å²) in [4.78, 5) is 14.7. The number of ether oxygens (including phenoxy) is 1. The SMILES string of the molecule is COc1ccc2c(c1)CCCN2C(=O)CSc1nn(-c2ccccc2)c(=S)s1. The molecule has 0 spiro atoms. The average Bonchev–Trinajstić information content (AvgIpc) is 3.12. The van der Waals surface area contributed by atoms with Crippen LogP contribution in [0.25, 0.3) is 5.69 Å². The number of hydrogen-bond acceptors (Lipinski definition) is 6. The number of amides is 1. The molecule has 28 heavy (non-hydrogen) atoms. The van der Waals surface area contributed by atoms with Crippen LogP contribution in [0.15, 0.2) is 52.9 Å². The van der Waals surface area contributed by atoms with Crippen molar-refractivity contribution in [2.24, 2.45) is 0 Å². The summed E-state index contributed by atoms with van der Waals surface area (Å²) >= 11 is 8.30. The molecule has 1 amide bonds. The number of anilines is 1. The van der Waals surface area contributed by atoms with Crippen molar-refractivity contribution in [3.8, 4) is 11.4 Å². The summed E-state index contributed by atoms with van der Waals surface area (Å²) in [5.74, 6) is 1.25. The Morgan fingerprint density at radius 1 is 1.29 bits per heavy atom. The zero-order valence-corrected chi connectivity index (χ0v) is 17.8. The van der Waals surface area contributed by atoms with E-state index in [4.69, 9.17) is 17.0 Å². The van der Waals surface area contributed by atoms with Gasteiger partial charge in [0.05, 0.1) is 18.6 Å². The molecule has 2 heterocycles. The van der Waals surface area contributed by atoms with E-state index in [-0.39, 0.29) is 5.91 Å². The Bertz CT molecular complexity index is 1050. The zero-order chi connectivity index (χ0) is 19.5. The highest BCUT2D eigenvalue weighted by molar-refractivity contribution is 8.01. The molecule has 5 nitrogen and oxygen atoms in total. The zero-order valence-electron chi connectivity index (χ0n) is 15.3. The number of carbonyl (C=O) groups is 1. The highest BCUT2D eigenvalue weighted by Gasteiger charge is 2.23. The van der Waals surface area contributed by atoms with E-state index < -0.39 is 0 Å². The van der Waals surface area contributed by atoms with Gasteiger partial charge in [0.15, 0.2) is 8.29 Å². The van der Waals surface area contributed by atoms with Crippen LogP contribution in [-0.4, -0.2) is 35.1 Å². The van der Waals surface area contributed by atoms with Crippen molar-refractivity contribution >= 4 is 46.9 Å². The van der Waals surface area contributed by atoms with Crippen LogP contribution < -0.4 is 9.64 Å². The molecular formula is C20H19N3O2S3. The molecule has 0 unspecified atom stereocenters. The van der Waals surface area contributed by atoms with Crippen molar-refractivity contribution in [2.75, 3.05) is 24.3 Å². The fourth-order valence-corrected chi connectivity index (χ4v) is 5.45. The van der Waals surface area contributed by atoms with Crippen molar-refractivity contribution in [2.45, 2.75) is 17.2 Å². The molecule has 0 fully saturated rings. The van der Waals surface area contributed by atoms with Crippen molar-refractivity contribution in [1.29, 1.82) is 0 Å². The minimum absolute atomic E-state index is 0.0866. The number of nitrogens with zero attached hydrogens (tertiary/aromatic N) is 3. The van der Waals surface area contributed by atoms with E-state index in [0.717, 1.165) is 46.4 Å². The van der Waals surface area contributed by atoms with Crippen LogP contribution in [0.4, 0.5) is 5.69 Å². The third kappa shape index (κ3) is 3.99. The minimum Gasteiger partial charge on any atom is -0.497 e. The Balaban J connectivity index is 1.47. The van der Waals surface area contributed by atoms with Gasteiger partial charge < -0.3 is 9.64 Å². The van der Waals surface area contributed by atoms with Crippen molar-refractivity contribution < 1.29 is 9.53 Å². The van der Waals surface area contributed by atoms with E-state index in [9.17, 15) is 4.79 Å². The van der Waals surface area contributed by atoms with Gasteiger partial charge in [-0.2, -0.15) is 0 Å². The van der Waals surface area contributed by atoms with Crippen LogP contribution in [0, 0.1) is 3.95 Å². The van der Waals surface area contributed by atoms with Crippen molar-refractivity contribution in [1.82, 2.24) is 9.78 Å². The summed E-state index contributed by atoms with van der Waals surface area (Å²) in [5, 5.41) is 4.57. The van der Waals surface area contributed by atoms with Crippen LogP contribution in [-0.2, 0) is 11.2 Å².